The van der Waals surface area contributed by atoms with Crippen LogP contribution in [0.1, 0.15) is 11.1 Å². The average Bonchev–Trinajstić information content (AvgIpc) is 3.11. The summed E-state index contributed by atoms with van der Waals surface area (Å²) >= 11 is 0. The van der Waals surface area contributed by atoms with E-state index >= 15 is 0 Å². The third-order valence-electron chi connectivity index (χ3n) is 5.18. The zero-order chi connectivity index (χ0) is 18.2. The van der Waals surface area contributed by atoms with Crippen LogP contribution in [0.25, 0.3) is 22.0 Å². The van der Waals surface area contributed by atoms with Crippen LogP contribution in [0.5, 0.6) is 0 Å². The van der Waals surface area contributed by atoms with Crippen molar-refractivity contribution in [1.29, 1.82) is 0 Å². The molecule has 0 fully saturated rings. The second-order valence-corrected chi connectivity index (χ2v) is 6.94. The van der Waals surface area contributed by atoms with E-state index in [-0.39, 0.29) is 12.5 Å². The van der Waals surface area contributed by atoms with Gasteiger partial charge >= 0.3 is 0 Å². The molecule has 1 aromatic heterocycles. The Labute approximate surface area is 157 Å². The van der Waals surface area contributed by atoms with Crippen molar-refractivity contribution in [1.82, 2.24) is 9.78 Å². The van der Waals surface area contributed by atoms with Gasteiger partial charge in [-0.15, -0.1) is 0 Å². The number of nitrogens with one attached hydrogen (secondary N) is 1. The number of nitrogens with zero attached hydrogens (tertiary/aromatic N) is 2. The SMILES string of the molecule is O=C(Cn1ncc2c1-c1ccccc1CC2)Nc1ccc2ccccc2c1. The molecular weight excluding hydrogens is 334 g/mol. The Morgan fingerprint density at radius 1 is 0.926 bits per heavy atom. The standard InChI is InChI=1S/C23H19N3O/c27-22(25-20-12-11-16-5-1-2-7-18(16)13-20)15-26-23-19(14-24-26)10-9-17-6-3-4-8-21(17)23/h1-8,11-14H,9-10,15H2,(H,25,27). The van der Waals surface area contributed by atoms with Gasteiger partial charge in [-0.25, -0.2) is 0 Å². The summed E-state index contributed by atoms with van der Waals surface area (Å²) in [7, 11) is 0. The van der Waals surface area contributed by atoms with E-state index in [4.69, 9.17) is 0 Å². The van der Waals surface area contributed by atoms with E-state index in [1.807, 2.05) is 53.3 Å². The third-order valence-corrected chi connectivity index (χ3v) is 5.18. The monoisotopic (exact) mass is 353 g/mol. The highest BCUT2D eigenvalue weighted by molar-refractivity contribution is 5.94. The summed E-state index contributed by atoms with van der Waals surface area (Å²) < 4.78 is 1.82. The fourth-order valence-corrected chi connectivity index (χ4v) is 3.88. The number of aromatic nitrogens is 2. The molecule has 132 valence electrons. The number of hydrogen-bond donors (Lipinski definition) is 1. The molecule has 0 saturated carbocycles. The quantitative estimate of drug-likeness (QED) is 0.592. The van der Waals surface area contributed by atoms with Crippen molar-refractivity contribution in [3.8, 4) is 11.3 Å². The first kappa shape index (κ1) is 15.8. The topological polar surface area (TPSA) is 46.9 Å². The van der Waals surface area contributed by atoms with Crippen molar-refractivity contribution < 1.29 is 4.79 Å². The Morgan fingerprint density at radius 3 is 2.63 bits per heavy atom. The van der Waals surface area contributed by atoms with Crippen molar-refractivity contribution in [2.75, 3.05) is 5.32 Å². The molecule has 3 aromatic carbocycles. The van der Waals surface area contributed by atoms with Gasteiger partial charge in [-0.2, -0.15) is 5.10 Å². The maximum atomic E-state index is 12.6. The van der Waals surface area contributed by atoms with Gasteiger partial charge in [0.1, 0.15) is 6.54 Å². The number of carbonyl (C=O) groups excluding carboxylic acids is 1. The maximum absolute atomic E-state index is 12.6. The number of fused-ring (bicyclic) bond motifs is 4. The zero-order valence-corrected chi connectivity index (χ0v) is 14.9. The van der Waals surface area contributed by atoms with E-state index in [9.17, 15) is 4.79 Å². The van der Waals surface area contributed by atoms with E-state index in [1.165, 1.54) is 16.7 Å². The van der Waals surface area contributed by atoms with Crippen molar-refractivity contribution in [3.63, 3.8) is 0 Å². The molecule has 0 radical (unpaired) electrons. The molecule has 0 unspecified atom stereocenters. The Balaban J connectivity index is 1.40. The highest BCUT2D eigenvalue weighted by Gasteiger charge is 2.21. The van der Waals surface area contributed by atoms with Crippen molar-refractivity contribution in [2.45, 2.75) is 19.4 Å². The third kappa shape index (κ3) is 2.89. The number of carbonyl (C=O) groups is 1. The number of aryl methyl sites for hydroxylation is 2. The number of hydrogen-bond acceptors (Lipinski definition) is 2. The van der Waals surface area contributed by atoms with Crippen LogP contribution in [0.2, 0.25) is 0 Å². The van der Waals surface area contributed by atoms with E-state index in [2.05, 4.69) is 34.7 Å². The lowest BCUT2D eigenvalue weighted by molar-refractivity contribution is -0.116. The Morgan fingerprint density at radius 2 is 1.70 bits per heavy atom. The minimum Gasteiger partial charge on any atom is -0.324 e. The number of benzene rings is 3. The van der Waals surface area contributed by atoms with Gasteiger partial charge in [0.05, 0.1) is 11.9 Å². The minimum atomic E-state index is -0.0702. The largest absolute Gasteiger partial charge is 0.324 e. The summed E-state index contributed by atoms with van der Waals surface area (Å²) in [5.74, 6) is -0.0702. The van der Waals surface area contributed by atoms with Crippen LogP contribution >= 0.6 is 0 Å². The Bertz CT molecular complexity index is 1160. The number of anilines is 1. The first-order valence-electron chi connectivity index (χ1n) is 9.19. The van der Waals surface area contributed by atoms with E-state index in [1.54, 1.807) is 0 Å². The van der Waals surface area contributed by atoms with Gasteiger partial charge in [0, 0.05) is 11.3 Å². The molecule has 0 saturated heterocycles. The molecule has 4 heteroatoms. The van der Waals surface area contributed by atoms with Gasteiger partial charge in [-0.05, 0) is 46.9 Å². The first-order valence-corrected chi connectivity index (χ1v) is 9.19. The van der Waals surface area contributed by atoms with E-state index in [0.29, 0.717) is 0 Å². The lowest BCUT2D eigenvalue weighted by Crippen LogP contribution is -2.20. The molecule has 1 heterocycles. The summed E-state index contributed by atoms with van der Waals surface area (Å²) in [4.78, 5) is 12.6. The van der Waals surface area contributed by atoms with E-state index in [0.717, 1.165) is 35.0 Å². The lowest BCUT2D eigenvalue weighted by Gasteiger charge is -2.18. The minimum absolute atomic E-state index is 0.0702. The van der Waals surface area contributed by atoms with Crippen molar-refractivity contribution >= 4 is 22.4 Å². The molecule has 0 aliphatic heterocycles. The summed E-state index contributed by atoms with van der Waals surface area (Å²) in [6.07, 6.45) is 3.89. The molecule has 1 aliphatic carbocycles. The summed E-state index contributed by atoms with van der Waals surface area (Å²) in [6, 6.07) is 22.5. The summed E-state index contributed by atoms with van der Waals surface area (Å²) in [5.41, 5.74) is 5.61. The Kier molecular flexibility index (Phi) is 3.75. The van der Waals surface area contributed by atoms with Gasteiger partial charge < -0.3 is 5.32 Å². The normalized spacial score (nSPS) is 12.4. The maximum Gasteiger partial charge on any atom is 0.246 e. The molecule has 1 amide bonds. The van der Waals surface area contributed by atoms with Crippen LogP contribution in [0.4, 0.5) is 5.69 Å². The van der Waals surface area contributed by atoms with Gasteiger partial charge in [0.15, 0.2) is 0 Å². The molecule has 1 N–H and O–H groups in total. The second-order valence-electron chi connectivity index (χ2n) is 6.94. The molecule has 0 atom stereocenters. The van der Waals surface area contributed by atoms with Gasteiger partial charge in [0.25, 0.3) is 0 Å². The number of rotatable bonds is 3. The molecule has 0 bridgehead atoms. The smallest absolute Gasteiger partial charge is 0.246 e. The van der Waals surface area contributed by atoms with Crippen LogP contribution < -0.4 is 5.32 Å². The fourth-order valence-electron chi connectivity index (χ4n) is 3.88. The van der Waals surface area contributed by atoms with Gasteiger partial charge in [-0.3, -0.25) is 9.48 Å². The van der Waals surface area contributed by atoms with Crippen molar-refractivity contribution in [2.24, 2.45) is 0 Å². The first-order chi connectivity index (χ1) is 13.3. The predicted molar refractivity (Wildman–Crippen MR) is 108 cm³/mol. The molecular formula is C23H19N3O. The summed E-state index contributed by atoms with van der Waals surface area (Å²) in [5, 5.41) is 9.76. The summed E-state index contributed by atoms with van der Waals surface area (Å²) in [6.45, 7) is 0.205. The number of amides is 1. The van der Waals surface area contributed by atoms with Gasteiger partial charge in [-0.1, -0.05) is 54.6 Å². The fraction of sp³-hybridized carbons (Fsp3) is 0.130. The highest BCUT2D eigenvalue weighted by atomic mass is 16.2. The van der Waals surface area contributed by atoms with Crippen LogP contribution in [0, 0.1) is 0 Å². The van der Waals surface area contributed by atoms with Crippen LogP contribution in [0.15, 0.2) is 72.9 Å². The van der Waals surface area contributed by atoms with E-state index < -0.39 is 0 Å². The average molecular weight is 353 g/mol. The molecule has 5 rings (SSSR count). The predicted octanol–water partition coefficient (Wildman–Crippen LogP) is 4.44. The highest BCUT2D eigenvalue weighted by Crippen LogP contribution is 2.33. The molecule has 4 nitrogen and oxygen atoms in total. The Hall–Kier alpha value is -3.40. The van der Waals surface area contributed by atoms with Crippen LogP contribution in [-0.2, 0) is 24.2 Å². The van der Waals surface area contributed by atoms with Crippen LogP contribution in [0.3, 0.4) is 0 Å². The molecule has 27 heavy (non-hydrogen) atoms. The van der Waals surface area contributed by atoms with Crippen LogP contribution in [-0.4, -0.2) is 15.7 Å². The van der Waals surface area contributed by atoms with Crippen molar-refractivity contribution in [3.05, 3.63) is 84.1 Å². The zero-order valence-electron chi connectivity index (χ0n) is 14.9. The lowest BCUT2D eigenvalue weighted by atomic mass is 9.90. The second kappa shape index (κ2) is 6.40. The molecule has 0 spiro atoms. The molecule has 4 aromatic rings. The molecule has 1 aliphatic rings. The van der Waals surface area contributed by atoms with Gasteiger partial charge in [0.2, 0.25) is 5.91 Å².